The third-order valence-corrected chi connectivity index (χ3v) is 13.5. The summed E-state index contributed by atoms with van der Waals surface area (Å²) < 4.78 is 39.5. The fourth-order valence-electron chi connectivity index (χ4n) is 8.20. The lowest BCUT2D eigenvalue weighted by Gasteiger charge is -2.21. The topological polar surface area (TPSA) is 155 Å². The molecule has 3 unspecified atom stereocenters. The molecule has 12 heteroatoms. The summed E-state index contributed by atoms with van der Waals surface area (Å²) in [5.74, 6) is -1.48. The summed E-state index contributed by atoms with van der Waals surface area (Å²) in [6.45, 7) is 4.54. The Bertz CT molecular complexity index is 1320. The van der Waals surface area contributed by atoms with E-state index in [4.69, 9.17) is 23.3 Å². The summed E-state index contributed by atoms with van der Waals surface area (Å²) >= 11 is 0. The zero-order chi connectivity index (χ0) is 51.3. The van der Waals surface area contributed by atoms with Crippen molar-refractivity contribution >= 4 is 25.7 Å². The summed E-state index contributed by atoms with van der Waals surface area (Å²) in [5.41, 5.74) is 0. The minimum atomic E-state index is -4.74. The molecule has 0 aromatic heterocycles. The first-order chi connectivity index (χ1) is 34.2. The van der Waals surface area contributed by atoms with Crippen LogP contribution >= 0.6 is 7.82 Å². The normalized spacial score (nSPS) is 13.6. The predicted octanol–water partition coefficient (Wildman–Crippen LogP) is 16.8. The molecular formula is C58H107O11P. The standard InChI is InChI=1S/C58H107O11P/c1-4-7-10-13-16-19-22-25-27-30-33-36-39-42-45-48-57(61)68-54(50-59)52-66-70(63,64)67-53-55(51-65-56(60)47-44-41-38-35-32-29-24-21-18-15-12-9-6-3)69-58(62)49-46-43-40-37-34-31-28-26-23-20-17-14-11-8-5-2/h9,12,18,21,29,32,54-55,59H,4-8,10-11,13-17,19-20,22-28,30-31,33-53H2,1-3H3,(H,63,64)/b12-9-,21-18-,32-29-. The van der Waals surface area contributed by atoms with Crippen molar-refractivity contribution in [2.45, 2.75) is 290 Å². The lowest BCUT2D eigenvalue weighted by Crippen LogP contribution is -2.30. The van der Waals surface area contributed by atoms with Gasteiger partial charge in [0, 0.05) is 19.3 Å². The fourth-order valence-corrected chi connectivity index (χ4v) is 8.98. The first-order valence-corrected chi connectivity index (χ1v) is 30.4. The molecular weight excluding hydrogens is 904 g/mol. The van der Waals surface area contributed by atoms with Crippen molar-refractivity contribution in [3.8, 4) is 0 Å². The number of esters is 3. The van der Waals surface area contributed by atoms with Crippen LogP contribution in [0.4, 0.5) is 0 Å². The summed E-state index contributed by atoms with van der Waals surface area (Å²) in [4.78, 5) is 48.5. The Labute approximate surface area is 429 Å². The van der Waals surface area contributed by atoms with Gasteiger partial charge in [-0.05, 0) is 51.4 Å². The number of phosphoric acid groups is 1. The second-order valence-electron chi connectivity index (χ2n) is 19.4. The van der Waals surface area contributed by atoms with E-state index >= 15 is 0 Å². The van der Waals surface area contributed by atoms with Crippen LogP contribution in [0.5, 0.6) is 0 Å². The lowest BCUT2D eigenvalue weighted by atomic mass is 10.0. The van der Waals surface area contributed by atoms with Gasteiger partial charge in [0.2, 0.25) is 0 Å². The van der Waals surface area contributed by atoms with E-state index in [0.29, 0.717) is 19.3 Å². The maximum absolute atomic E-state index is 12.9. The van der Waals surface area contributed by atoms with Gasteiger partial charge in [0.25, 0.3) is 0 Å². The van der Waals surface area contributed by atoms with Gasteiger partial charge in [0.15, 0.2) is 6.10 Å². The number of unbranched alkanes of at least 4 members (excludes halogenated alkanes) is 31. The molecule has 0 spiro atoms. The van der Waals surface area contributed by atoms with Crippen LogP contribution in [0.2, 0.25) is 0 Å². The molecule has 0 aliphatic carbocycles. The monoisotopic (exact) mass is 1010 g/mol. The molecule has 0 radical (unpaired) electrons. The Morgan fingerprint density at radius 1 is 0.414 bits per heavy atom. The molecule has 0 aliphatic heterocycles. The Morgan fingerprint density at radius 2 is 0.743 bits per heavy atom. The highest BCUT2D eigenvalue weighted by molar-refractivity contribution is 7.47. The number of allylic oxidation sites excluding steroid dienone is 6. The number of hydrogen-bond donors (Lipinski definition) is 2. The largest absolute Gasteiger partial charge is 0.472 e. The molecule has 0 aromatic carbocycles. The maximum atomic E-state index is 12.9. The van der Waals surface area contributed by atoms with Crippen LogP contribution in [-0.4, -0.2) is 66.5 Å². The van der Waals surface area contributed by atoms with E-state index in [-0.39, 0.29) is 25.9 Å². The van der Waals surface area contributed by atoms with E-state index in [9.17, 15) is 28.9 Å². The van der Waals surface area contributed by atoms with Gasteiger partial charge in [-0.25, -0.2) is 4.57 Å². The molecule has 0 heterocycles. The Morgan fingerprint density at radius 3 is 1.14 bits per heavy atom. The van der Waals surface area contributed by atoms with E-state index in [1.54, 1.807) is 0 Å². The third-order valence-electron chi connectivity index (χ3n) is 12.6. The molecule has 0 fully saturated rings. The number of carbonyl (C=O) groups excluding carboxylic acids is 3. The highest BCUT2D eigenvalue weighted by Gasteiger charge is 2.28. The van der Waals surface area contributed by atoms with Crippen molar-refractivity contribution in [3.05, 3.63) is 36.5 Å². The van der Waals surface area contributed by atoms with Crippen LogP contribution in [0.3, 0.4) is 0 Å². The Kier molecular flexibility index (Phi) is 51.3. The van der Waals surface area contributed by atoms with Gasteiger partial charge in [0.1, 0.15) is 12.7 Å². The second-order valence-corrected chi connectivity index (χ2v) is 20.9. The molecule has 0 amide bonds. The van der Waals surface area contributed by atoms with Crippen molar-refractivity contribution in [1.29, 1.82) is 0 Å². The highest BCUT2D eigenvalue weighted by atomic mass is 31.2. The van der Waals surface area contributed by atoms with Crippen molar-refractivity contribution in [3.63, 3.8) is 0 Å². The third kappa shape index (κ3) is 50.6. The Hall–Kier alpha value is -2.30. The van der Waals surface area contributed by atoms with Crippen LogP contribution in [0.15, 0.2) is 36.5 Å². The van der Waals surface area contributed by atoms with Crippen LogP contribution in [0.25, 0.3) is 0 Å². The van der Waals surface area contributed by atoms with Crippen molar-refractivity contribution in [2.24, 2.45) is 0 Å². The average Bonchev–Trinajstić information content (AvgIpc) is 3.35. The molecule has 0 rings (SSSR count). The van der Waals surface area contributed by atoms with Crippen molar-refractivity contribution in [1.82, 2.24) is 0 Å². The summed E-state index contributed by atoms with van der Waals surface area (Å²) in [7, 11) is -4.74. The molecule has 3 atom stereocenters. The van der Waals surface area contributed by atoms with E-state index in [1.165, 1.54) is 141 Å². The predicted molar refractivity (Wildman–Crippen MR) is 289 cm³/mol. The van der Waals surface area contributed by atoms with Crippen molar-refractivity contribution in [2.75, 3.05) is 26.4 Å². The molecule has 0 saturated carbocycles. The zero-order valence-corrected chi connectivity index (χ0v) is 46.1. The van der Waals surface area contributed by atoms with Gasteiger partial charge in [-0.2, -0.15) is 0 Å². The number of carbonyl (C=O) groups is 3. The maximum Gasteiger partial charge on any atom is 0.472 e. The smallest absolute Gasteiger partial charge is 0.462 e. The van der Waals surface area contributed by atoms with Gasteiger partial charge in [-0.15, -0.1) is 0 Å². The van der Waals surface area contributed by atoms with Crippen LogP contribution in [0.1, 0.15) is 278 Å². The van der Waals surface area contributed by atoms with Gasteiger partial charge in [-0.3, -0.25) is 23.4 Å². The number of rotatable bonds is 54. The van der Waals surface area contributed by atoms with Crippen LogP contribution in [-0.2, 0) is 42.2 Å². The quantitative estimate of drug-likeness (QED) is 0.0197. The van der Waals surface area contributed by atoms with E-state index in [2.05, 4.69) is 57.2 Å². The minimum absolute atomic E-state index is 0.167. The molecule has 0 aliphatic rings. The molecule has 2 N–H and O–H groups in total. The number of phosphoric ester groups is 1. The van der Waals surface area contributed by atoms with Crippen LogP contribution in [0, 0.1) is 0 Å². The first kappa shape index (κ1) is 67.7. The van der Waals surface area contributed by atoms with Gasteiger partial charge >= 0.3 is 25.7 Å². The van der Waals surface area contributed by atoms with Gasteiger partial charge in [-0.1, -0.05) is 243 Å². The zero-order valence-electron chi connectivity index (χ0n) is 45.2. The van der Waals surface area contributed by atoms with E-state index < -0.39 is 57.8 Å². The summed E-state index contributed by atoms with van der Waals surface area (Å²) in [6.07, 6.45) is 53.9. The molecule has 11 nitrogen and oxygen atoms in total. The van der Waals surface area contributed by atoms with E-state index in [0.717, 1.165) is 77.0 Å². The fraction of sp³-hybridized carbons (Fsp3) is 0.845. The molecule has 0 aromatic rings. The summed E-state index contributed by atoms with van der Waals surface area (Å²) in [5, 5.41) is 9.81. The summed E-state index contributed by atoms with van der Waals surface area (Å²) in [6, 6.07) is 0. The number of hydrogen-bond acceptors (Lipinski definition) is 10. The average molecular weight is 1010 g/mol. The van der Waals surface area contributed by atoms with E-state index in [1.807, 2.05) is 0 Å². The minimum Gasteiger partial charge on any atom is -0.462 e. The van der Waals surface area contributed by atoms with Gasteiger partial charge < -0.3 is 24.2 Å². The second kappa shape index (κ2) is 53.0. The number of aliphatic hydroxyl groups excluding tert-OH is 1. The first-order valence-electron chi connectivity index (χ1n) is 28.9. The molecule has 410 valence electrons. The molecule has 70 heavy (non-hydrogen) atoms. The SMILES string of the molecule is CC/C=C\C/C=C\C/C=C\CCCCCC(=O)OCC(COP(=O)(O)OCC(CO)OC(=O)CCCCCCCCCCCCCCCCC)OC(=O)CCCCCCCCCCCCCCCCC. The molecule has 0 saturated heterocycles. The molecule has 0 bridgehead atoms. The van der Waals surface area contributed by atoms with Crippen LogP contribution < -0.4 is 0 Å². The number of aliphatic hydroxyl groups is 1. The number of ether oxygens (including phenoxy) is 3. The Balaban J connectivity index is 4.69. The lowest BCUT2D eigenvalue weighted by molar-refractivity contribution is -0.161. The van der Waals surface area contributed by atoms with Crippen molar-refractivity contribution < 1.29 is 52.2 Å². The highest BCUT2D eigenvalue weighted by Crippen LogP contribution is 2.43. The van der Waals surface area contributed by atoms with Gasteiger partial charge in [0.05, 0.1) is 19.8 Å².